The Hall–Kier alpha value is -4.06. The SMILES string of the molecule is O=c1ncc(F)c(N(Cc2ccc(F)cc2)CC(O)(Cn2cncn2)c2ccc(F)cc2F)[nH]1. The second kappa shape index (κ2) is 9.43. The number of aromatic amines is 1. The highest BCUT2D eigenvalue weighted by molar-refractivity contribution is 5.42. The average Bonchev–Trinajstić information content (AvgIpc) is 3.29. The van der Waals surface area contributed by atoms with Crippen LogP contribution in [0.5, 0.6) is 0 Å². The average molecular weight is 474 g/mol. The van der Waals surface area contributed by atoms with E-state index < -0.39 is 41.1 Å². The van der Waals surface area contributed by atoms with E-state index in [1.807, 2.05) is 0 Å². The monoisotopic (exact) mass is 474 g/mol. The Balaban J connectivity index is 1.80. The van der Waals surface area contributed by atoms with E-state index in [2.05, 4.69) is 20.1 Å². The van der Waals surface area contributed by atoms with Crippen molar-refractivity contribution in [3.63, 3.8) is 0 Å². The van der Waals surface area contributed by atoms with Gasteiger partial charge in [-0.25, -0.2) is 32.0 Å². The fourth-order valence-electron chi connectivity index (χ4n) is 3.61. The van der Waals surface area contributed by atoms with E-state index in [9.17, 15) is 27.5 Å². The van der Waals surface area contributed by atoms with Crippen LogP contribution in [0.4, 0.5) is 23.4 Å². The lowest BCUT2D eigenvalue weighted by molar-refractivity contribution is 0.0179. The molecule has 0 radical (unpaired) electrons. The largest absolute Gasteiger partial charge is 0.381 e. The van der Waals surface area contributed by atoms with Crippen LogP contribution in [0.2, 0.25) is 0 Å². The van der Waals surface area contributed by atoms with Crippen LogP contribution in [0, 0.1) is 23.3 Å². The van der Waals surface area contributed by atoms with E-state index in [4.69, 9.17) is 0 Å². The molecule has 0 bridgehead atoms. The number of hydrogen-bond acceptors (Lipinski definition) is 6. The minimum Gasteiger partial charge on any atom is -0.381 e. The van der Waals surface area contributed by atoms with Crippen molar-refractivity contribution in [2.24, 2.45) is 0 Å². The Labute approximate surface area is 190 Å². The van der Waals surface area contributed by atoms with Gasteiger partial charge in [-0.1, -0.05) is 18.2 Å². The first-order valence-electron chi connectivity index (χ1n) is 9.98. The second-order valence-corrected chi connectivity index (χ2v) is 7.62. The van der Waals surface area contributed by atoms with E-state index in [-0.39, 0.29) is 24.5 Å². The number of aliphatic hydroxyl groups is 1. The zero-order valence-corrected chi connectivity index (χ0v) is 17.5. The summed E-state index contributed by atoms with van der Waals surface area (Å²) in [7, 11) is 0. The highest BCUT2D eigenvalue weighted by atomic mass is 19.1. The number of benzene rings is 2. The molecule has 0 aliphatic heterocycles. The quantitative estimate of drug-likeness (QED) is 0.381. The molecule has 2 aromatic heterocycles. The highest BCUT2D eigenvalue weighted by Crippen LogP contribution is 2.30. The van der Waals surface area contributed by atoms with Gasteiger partial charge in [-0.15, -0.1) is 0 Å². The smallest absolute Gasteiger partial charge is 0.346 e. The van der Waals surface area contributed by atoms with Crippen LogP contribution in [-0.2, 0) is 18.7 Å². The third-order valence-corrected chi connectivity index (χ3v) is 5.12. The molecule has 1 unspecified atom stereocenters. The lowest BCUT2D eigenvalue weighted by atomic mass is 9.92. The van der Waals surface area contributed by atoms with Gasteiger partial charge in [0.25, 0.3) is 0 Å². The summed E-state index contributed by atoms with van der Waals surface area (Å²) in [6.45, 7) is -0.935. The lowest BCUT2D eigenvalue weighted by Gasteiger charge is -2.35. The van der Waals surface area contributed by atoms with Gasteiger partial charge in [0.2, 0.25) is 0 Å². The maximum absolute atomic E-state index is 14.8. The number of nitrogens with zero attached hydrogens (tertiary/aromatic N) is 5. The van der Waals surface area contributed by atoms with Crippen molar-refractivity contribution >= 4 is 5.82 Å². The van der Waals surface area contributed by atoms with Crippen molar-refractivity contribution < 1.29 is 22.7 Å². The zero-order chi connectivity index (χ0) is 24.3. The first-order valence-corrected chi connectivity index (χ1v) is 9.98. The third kappa shape index (κ3) is 5.12. The molecule has 2 heterocycles. The molecule has 8 nitrogen and oxygen atoms in total. The molecule has 0 aliphatic carbocycles. The van der Waals surface area contributed by atoms with E-state index in [1.165, 1.54) is 46.5 Å². The fourth-order valence-corrected chi connectivity index (χ4v) is 3.61. The summed E-state index contributed by atoms with van der Waals surface area (Å²) < 4.78 is 57.7. The molecule has 0 aliphatic rings. The van der Waals surface area contributed by atoms with Crippen LogP contribution < -0.4 is 10.6 Å². The lowest BCUT2D eigenvalue weighted by Crippen LogP contribution is -2.45. The van der Waals surface area contributed by atoms with Crippen molar-refractivity contribution in [2.45, 2.75) is 18.7 Å². The van der Waals surface area contributed by atoms with Gasteiger partial charge >= 0.3 is 5.69 Å². The number of H-pyrrole nitrogens is 1. The second-order valence-electron chi connectivity index (χ2n) is 7.62. The predicted molar refractivity (Wildman–Crippen MR) is 113 cm³/mol. The van der Waals surface area contributed by atoms with Gasteiger partial charge in [-0.05, 0) is 23.8 Å². The van der Waals surface area contributed by atoms with Crippen molar-refractivity contribution in [1.29, 1.82) is 0 Å². The highest BCUT2D eigenvalue weighted by Gasteiger charge is 2.36. The maximum Gasteiger partial charge on any atom is 0.346 e. The van der Waals surface area contributed by atoms with E-state index in [0.29, 0.717) is 17.8 Å². The van der Waals surface area contributed by atoms with Crippen molar-refractivity contribution in [1.82, 2.24) is 24.7 Å². The fraction of sp³-hybridized carbons (Fsp3) is 0.182. The molecule has 0 saturated heterocycles. The number of halogens is 4. The van der Waals surface area contributed by atoms with Gasteiger partial charge in [0.15, 0.2) is 5.82 Å². The standard InChI is InChI=1S/C22H18F4N6O2/c23-15-3-1-14(2-4-15)9-31(20-19(26)8-28-21(33)30-20)10-22(34,11-32-13-27-12-29-32)17-6-5-16(24)7-18(17)25/h1-8,12-13,34H,9-11H2,(H,28,30,33). The van der Waals surface area contributed by atoms with Crippen LogP contribution in [0.25, 0.3) is 0 Å². The molecule has 1 atom stereocenters. The maximum atomic E-state index is 14.8. The summed E-state index contributed by atoms with van der Waals surface area (Å²) in [5.74, 6) is -3.62. The topological polar surface area (TPSA) is 99.9 Å². The minimum atomic E-state index is -2.10. The van der Waals surface area contributed by atoms with E-state index in [0.717, 1.165) is 12.1 Å². The molecule has 0 fully saturated rings. The van der Waals surface area contributed by atoms with Gasteiger partial charge in [-0.3, -0.25) is 4.98 Å². The summed E-state index contributed by atoms with van der Waals surface area (Å²) in [5, 5.41) is 15.6. The summed E-state index contributed by atoms with van der Waals surface area (Å²) >= 11 is 0. The van der Waals surface area contributed by atoms with Crippen LogP contribution in [0.3, 0.4) is 0 Å². The number of aromatic nitrogens is 5. The summed E-state index contributed by atoms with van der Waals surface area (Å²) in [5.41, 5.74) is -2.74. The Morgan fingerprint density at radius 1 is 1.03 bits per heavy atom. The third-order valence-electron chi connectivity index (χ3n) is 5.12. The molecule has 4 rings (SSSR count). The normalized spacial score (nSPS) is 13.0. The first-order chi connectivity index (χ1) is 16.2. The zero-order valence-electron chi connectivity index (χ0n) is 17.5. The van der Waals surface area contributed by atoms with Gasteiger partial charge in [0.1, 0.15) is 41.5 Å². The predicted octanol–water partition coefficient (Wildman–Crippen LogP) is 2.51. The van der Waals surface area contributed by atoms with Crippen LogP contribution in [0.15, 0.2) is 66.1 Å². The Kier molecular flexibility index (Phi) is 6.41. The number of rotatable bonds is 8. The Morgan fingerprint density at radius 3 is 2.44 bits per heavy atom. The van der Waals surface area contributed by atoms with Crippen LogP contribution in [-0.4, -0.2) is 36.4 Å². The molecule has 4 aromatic rings. The molecule has 34 heavy (non-hydrogen) atoms. The molecule has 0 saturated carbocycles. The molecular weight excluding hydrogens is 456 g/mol. The summed E-state index contributed by atoms with van der Waals surface area (Å²) in [6, 6.07) is 7.93. The van der Waals surface area contributed by atoms with Gasteiger partial charge in [-0.2, -0.15) is 10.1 Å². The first kappa shape index (κ1) is 23.1. The van der Waals surface area contributed by atoms with Gasteiger partial charge in [0, 0.05) is 18.2 Å². The molecular formula is C22H18F4N6O2. The molecule has 0 amide bonds. The van der Waals surface area contributed by atoms with Crippen molar-refractivity contribution in [2.75, 3.05) is 11.4 Å². The summed E-state index contributed by atoms with van der Waals surface area (Å²) in [4.78, 5) is 22.5. The van der Waals surface area contributed by atoms with Gasteiger partial charge in [0.05, 0.1) is 19.3 Å². The number of anilines is 1. The molecule has 12 heteroatoms. The van der Waals surface area contributed by atoms with Crippen molar-refractivity contribution in [3.8, 4) is 0 Å². The van der Waals surface area contributed by atoms with Crippen molar-refractivity contribution in [3.05, 3.63) is 106 Å². The molecule has 2 N–H and O–H groups in total. The van der Waals surface area contributed by atoms with Crippen LogP contribution >= 0.6 is 0 Å². The minimum absolute atomic E-state index is 0.111. The number of nitrogens with one attached hydrogen (secondary N) is 1. The molecule has 176 valence electrons. The van der Waals surface area contributed by atoms with Gasteiger partial charge < -0.3 is 10.0 Å². The number of hydrogen-bond donors (Lipinski definition) is 2. The van der Waals surface area contributed by atoms with E-state index >= 15 is 0 Å². The Bertz CT molecular complexity index is 1330. The van der Waals surface area contributed by atoms with Crippen LogP contribution in [0.1, 0.15) is 11.1 Å². The molecule has 0 spiro atoms. The molecule has 2 aromatic carbocycles. The Morgan fingerprint density at radius 2 is 1.76 bits per heavy atom. The summed E-state index contributed by atoms with van der Waals surface area (Å²) in [6.07, 6.45) is 3.20. The van der Waals surface area contributed by atoms with E-state index in [1.54, 1.807) is 0 Å².